The van der Waals surface area contributed by atoms with Gasteiger partial charge in [-0.1, -0.05) is 13.8 Å². The van der Waals surface area contributed by atoms with Crippen LogP contribution in [0.4, 0.5) is 0 Å². The van der Waals surface area contributed by atoms with Gasteiger partial charge in [0, 0.05) is 5.92 Å². The molecule has 0 spiro atoms. The molecule has 4 bridgehead atoms. The predicted octanol–water partition coefficient (Wildman–Crippen LogP) is 4.22. The first-order valence-electron chi connectivity index (χ1n) is 8.76. The van der Waals surface area contributed by atoms with Gasteiger partial charge in [-0.3, -0.25) is 0 Å². The lowest BCUT2D eigenvalue weighted by Crippen LogP contribution is -2.54. The third-order valence-electron chi connectivity index (χ3n) is 6.58. The Labute approximate surface area is 124 Å². The smallest absolute Gasteiger partial charge is 0.157 e. The second-order valence-electron chi connectivity index (χ2n) is 8.45. The summed E-state index contributed by atoms with van der Waals surface area (Å²) < 4.78 is 6.17. The summed E-state index contributed by atoms with van der Waals surface area (Å²) in [6.07, 6.45) is 7.55. The molecule has 0 saturated heterocycles. The zero-order chi connectivity index (χ0) is 14.5. The summed E-state index contributed by atoms with van der Waals surface area (Å²) in [6, 6.07) is 0. The molecule has 4 aliphatic rings. The molecular weight excluding hydrogens is 248 g/mol. The quantitative estimate of drug-likeness (QED) is 0.764. The highest BCUT2D eigenvalue weighted by Gasteiger charge is 2.53. The molecule has 4 saturated carbocycles. The highest BCUT2D eigenvalue weighted by molar-refractivity contribution is 5.03. The first kappa shape index (κ1) is 14.8. The van der Waals surface area contributed by atoms with E-state index in [-0.39, 0.29) is 11.5 Å². The lowest BCUT2D eigenvalue weighted by atomic mass is 9.49. The predicted molar refractivity (Wildman–Crippen MR) is 81.2 cm³/mol. The average Bonchev–Trinajstić information content (AvgIpc) is 2.35. The van der Waals surface area contributed by atoms with Crippen molar-refractivity contribution < 1.29 is 9.84 Å². The number of hydrogen-bond donors (Lipinski definition) is 1. The van der Waals surface area contributed by atoms with Crippen molar-refractivity contribution in [2.24, 2.45) is 35.5 Å². The van der Waals surface area contributed by atoms with E-state index in [1.165, 1.54) is 32.1 Å². The monoisotopic (exact) mass is 280 g/mol. The van der Waals surface area contributed by atoms with E-state index in [1.54, 1.807) is 0 Å². The summed E-state index contributed by atoms with van der Waals surface area (Å²) in [4.78, 5) is 0. The van der Waals surface area contributed by atoms with Crippen molar-refractivity contribution in [3.05, 3.63) is 0 Å². The molecule has 4 fully saturated rings. The molecule has 2 atom stereocenters. The van der Waals surface area contributed by atoms with Crippen LogP contribution in [0.3, 0.4) is 0 Å². The molecule has 0 heterocycles. The van der Waals surface area contributed by atoms with E-state index in [4.69, 9.17) is 4.74 Å². The van der Waals surface area contributed by atoms with Crippen molar-refractivity contribution in [2.45, 2.75) is 78.1 Å². The van der Waals surface area contributed by atoms with Crippen LogP contribution >= 0.6 is 0 Å². The van der Waals surface area contributed by atoms with Gasteiger partial charge in [0.1, 0.15) is 0 Å². The largest absolute Gasteiger partial charge is 0.368 e. The van der Waals surface area contributed by atoms with Crippen LogP contribution < -0.4 is 0 Å². The molecule has 1 N–H and O–H groups in total. The summed E-state index contributed by atoms with van der Waals surface area (Å²) in [5.74, 6) is 4.60. The molecule has 0 aromatic heterocycles. The Hall–Kier alpha value is -0.0800. The zero-order valence-electron chi connectivity index (χ0n) is 13.6. The highest BCUT2D eigenvalue weighted by Crippen LogP contribution is 2.59. The summed E-state index contributed by atoms with van der Waals surface area (Å²) in [5, 5.41) is 10.3. The van der Waals surface area contributed by atoms with Gasteiger partial charge in [-0.15, -0.1) is 0 Å². The molecule has 2 nitrogen and oxygen atoms in total. The van der Waals surface area contributed by atoms with Crippen LogP contribution in [0.15, 0.2) is 0 Å². The summed E-state index contributed by atoms with van der Waals surface area (Å²) in [7, 11) is 0. The summed E-state index contributed by atoms with van der Waals surface area (Å²) >= 11 is 0. The van der Waals surface area contributed by atoms with Gasteiger partial charge in [0.2, 0.25) is 0 Å². The normalized spacial score (nSPS) is 42.8. The molecule has 4 aliphatic carbocycles. The third kappa shape index (κ3) is 2.54. The molecule has 0 radical (unpaired) electrons. The van der Waals surface area contributed by atoms with Crippen LogP contribution in [-0.2, 0) is 4.74 Å². The molecule has 2 heteroatoms. The zero-order valence-corrected chi connectivity index (χ0v) is 13.6. The Bertz CT molecular complexity index is 321. The van der Waals surface area contributed by atoms with Crippen molar-refractivity contribution in [1.29, 1.82) is 0 Å². The fourth-order valence-corrected chi connectivity index (χ4v) is 5.77. The maximum Gasteiger partial charge on any atom is 0.157 e. The second kappa shape index (κ2) is 5.28. The molecule has 20 heavy (non-hydrogen) atoms. The average molecular weight is 280 g/mol. The minimum absolute atomic E-state index is 0.175. The number of rotatable bonds is 5. The van der Waals surface area contributed by atoms with E-state index in [9.17, 15) is 5.11 Å². The SMILES string of the molecule is CCC(C)C(O)OC(C)(C)C1C2CC3CC(C2)CC1C3. The van der Waals surface area contributed by atoms with Gasteiger partial charge in [-0.05, 0) is 82.0 Å². The van der Waals surface area contributed by atoms with Crippen LogP contribution in [0.5, 0.6) is 0 Å². The van der Waals surface area contributed by atoms with Gasteiger partial charge in [0.15, 0.2) is 6.29 Å². The Morgan fingerprint density at radius 3 is 2.00 bits per heavy atom. The summed E-state index contributed by atoms with van der Waals surface area (Å²) in [6.45, 7) is 8.65. The molecule has 2 unspecified atom stereocenters. The minimum atomic E-state index is -0.604. The van der Waals surface area contributed by atoms with Crippen LogP contribution in [0.1, 0.15) is 66.2 Å². The lowest BCUT2D eigenvalue weighted by molar-refractivity contribution is -0.241. The van der Waals surface area contributed by atoms with E-state index in [1.807, 2.05) is 0 Å². The molecule has 0 aromatic rings. The van der Waals surface area contributed by atoms with Crippen molar-refractivity contribution in [2.75, 3.05) is 0 Å². The topological polar surface area (TPSA) is 29.5 Å². The fourth-order valence-electron chi connectivity index (χ4n) is 5.77. The van der Waals surface area contributed by atoms with E-state index < -0.39 is 6.29 Å². The minimum Gasteiger partial charge on any atom is -0.368 e. The first-order chi connectivity index (χ1) is 9.40. The van der Waals surface area contributed by atoms with Crippen LogP contribution in [0, 0.1) is 35.5 Å². The third-order valence-corrected chi connectivity index (χ3v) is 6.58. The van der Waals surface area contributed by atoms with Gasteiger partial charge in [-0.25, -0.2) is 0 Å². The van der Waals surface area contributed by atoms with Crippen molar-refractivity contribution in [1.82, 2.24) is 0 Å². The van der Waals surface area contributed by atoms with Gasteiger partial charge >= 0.3 is 0 Å². The molecule has 0 amide bonds. The van der Waals surface area contributed by atoms with Crippen LogP contribution in [0.25, 0.3) is 0 Å². The Kier molecular flexibility index (Phi) is 3.92. The number of aliphatic hydroxyl groups excluding tert-OH is 1. The molecule has 0 aliphatic heterocycles. The fraction of sp³-hybridized carbons (Fsp3) is 1.00. The maximum absolute atomic E-state index is 10.3. The molecule has 116 valence electrons. The lowest BCUT2D eigenvalue weighted by Gasteiger charge is -2.58. The maximum atomic E-state index is 10.3. The van der Waals surface area contributed by atoms with E-state index in [2.05, 4.69) is 27.7 Å². The molecular formula is C18H32O2. The number of aliphatic hydroxyl groups is 1. The van der Waals surface area contributed by atoms with E-state index in [0.717, 1.165) is 30.1 Å². The number of ether oxygens (including phenoxy) is 1. The molecule has 4 rings (SSSR count). The Morgan fingerprint density at radius 1 is 1.05 bits per heavy atom. The first-order valence-corrected chi connectivity index (χ1v) is 8.76. The van der Waals surface area contributed by atoms with E-state index in [0.29, 0.717) is 5.92 Å². The van der Waals surface area contributed by atoms with Crippen molar-refractivity contribution >= 4 is 0 Å². The van der Waals surface area contributed by atoms with Crippen LogP contribution in [0.2, 0.25) is 0 Å². The summed E-state index contributed by atoms with van der Waals surface area (Å²) in [5.41, 5.74) is -0.175. The van der Waals surface area contributed by atoms with Crippen molar-refractivity contribution in [3.8, 4) is 0 Å². The van der Waals surface area contributed by atoms with E-state index >= 15 is 0 Å². The second-order valence-corrected chi connectivity index (χ2v) is 8.45. The molecule has 0 aromatic carbocycles. The van der Waals surface area contributed by atoms with Crippen molar-refractivity contribution in [3.63, 3.8) is 0 Å². The van der Waals surface area contributed by atoms with Gasteiger partial charge in [-0.2, -0.15) is 0 Å². The highest BCUT2D eigenvalue weighted by atomic mass is 16.6. The Morgan fingerprint density at radius 2 is 1.55 bits per heavy atom. The van der Waals surface area contributed by atoms with Gasteiger partial charge < -0.3 is 9.84 Å². The Balaban J connectivity index is 1.71. The standard InChI is InChI=1S/C18H32O2/c1-5-11(2)17(19)20-18(3,4)16-14-7-12-6-13(9-14)10-15(16)8-12/h11-17,19H,5-10H2,1-4H3. The number of hydrogen-bond acceptors (Lipinski definition) is 2. The van der Waals surface area contributed by atoms with Gasteiger partial charge in [0.05, 0.1) is 5.60 Å². The van der Waals surface area contributed by atoms with Crippen LogP contribution in [-0.4, -0.2) is 17.0 Å². The van der Waals surface area contributed by atoms with Gasteiger partial charge in [0.25, 0.3) is 0 Å².